The number of hydrogen-bond donors (Lipinski definition) is 3. The molecular formula is C72H132N2O6P+. The Morgan fingerprint density at radius 2 is 0.741 bits per heavy atom. The van der Waals surface area contributed by atoms with Gasteiger partial charge in [-0.2, -0.15) is 0 Å². The molecule has 3 atom stereocenters. The number of carbonyl (C=O) groups is 1. The molecule has 0 saturated carbocycles. The topological polar surface area (TPSA) is 105 Å². The van der Waals surface area contributed by atoms with Crippen molar-refractivity contribution < 1.29 is 32.9 Å². The van der Waals surface area contributed by atoms with Gasteiger partial charge >= 0.3 is 7.82 Å². The molecule has 0 aromatic rings. The van der Waals surface area contributed by atoms with Crippen molar-refractivity contribution in [1.29, 1.82) is 0 Å². The first-order valence-electron chi connectivity index (χ1n) is 34.1. The van der Waals surface area contributed by atoms with Gasteiger partial charge in [-0.15, -0.1) is 0 Å². The summed E-state index contributed by atoms with van der Waals surface area (Å²) in [5.41, 5.74) is 0. The van der Waals surface area contributed by atoms with Gasteiger partial charge in [0.05, 0.1) is 39.9 Å². The van der Waals surface area contributed by atoms with Crippen LogP contribution in [0.25, 0.3) is 0 Å². The molecule has 0 aromatic heterocycles. The van der Waals surface area contributed by atoms with Crippen LogP contribution in [0.3, 0.4) is 0 Å². The first-order chi connectivity index (χ1) is 39.5. The maximum Gasteiger partial charge on any atom is 0.472 e. The summed E-state index contributed by atoms with van der Waals surface area (Å²) in [6, 6.07) is -0.862. The number of nitrogens with one attached hydrogen (secondary N) is 1. The number of unbranched alkanes of at least 4 members (excludes halogenated alkanes) is 35. The Morgan fingerprint density at radius 1 is 0.432 bits per heavy atom. The molecule has 0 saturated heterocycles. The second kappa shape index (κ2) is 62.0. The molecule has 0 rings (SSSR count). The van der Waals surface area contributed by atoms with Crippen LogP contribution in [0.1, 0.15) is 303 Å². The maximum absolute atomic E-state index is 13.0. The zero-order valence-corrected chi connectivity index (χ0v) is 54.6. The largest absolute Gasteiger partial charge is 0.472 e. The molecule has 470 valence electrons. The summed E-state index contributed by atoms with van der Waals surface area (Å²) < 4.78 is 23.8. The molecule has 0 heterocycles. The van der Waals surface area contributed by atoms with Gasteiger partial charge in [0.2, 0.25) is 5.91 Å². The maximum atomic E-state index is 13.0. The summed E-state index contributed by atoms with van der Waals surface area (Å²) in [4.78, 5) is 23.4. The van der Waals surface area contributed by atoms with E-state index in [0.717, 1.165) is 96.3 Å². The van der Waals surface area contributed by atoms with Crippen LogP contribution in [0.2, 0.25) is 0 Å². The van der Waals surface area contributed by atoms with Crippen LogP contribution in [0, 0.1) is 0 Å². The van der Waals surface area contributed by atoms with Crippen molar-refractivity contribution in [2.75, 3.05) is 40.9 Å². The van der Waals surface area contributed by atoms with Crippen molar-refractivity contribution in [3.8, 4) is 0 Å². The van der Waals surface area contributed by atoms with Gasteiger partial charge in [-0.05, 0) is 77.0 Å². The van der Waals surface area contributed by atoms with Crippen molar-refractivity contribution in [1.82, 2.24) is 5.32 Å². The zero-order chi connectivity index (χ0) is 59.1. The third kappa shape index (κ3) is 64.8. The Morgan fingerprint density at radius 3 is 1.09 bits per heavy atom. The summed E-state index contributed by atoms with van der Waals surface area (Å²) in [5.74, 6) is -0.189. The molecule has 0 bridgehead atoms. The molecule has 0 aliphatic carbocycles. The molecule has 1 amide bonds. The lowest BCUT2D eigenvalue weighted by Gasteiger charge is -2.25. The molecule has 0 radical (unpaired) electrons. The number of phosphoric acid groups is 1. The van der Waals surface area contributed by atoms with E-state index < -0.39 is 20.0 Å². The quantitative estimate of drug-likeness (QED) is 0.0243. The minimum atomic E-state index is -4.36. The molecule has 0 aliphatic rings. The van der Waals surface area contributed by atoms with E-state index in [4.69, 9.17) is 9.05 Å². The van der Waals surface area contributed by atoms with E-state index in [1.54, 1.807) is 6.08 Å². The first-order valence-corrected chi connectivity index (χ1v) is 35.6. The van der Waals surface area contributed by atoms with Crippen LogP contribution in [-0.2, 0) is 18.4 Å². The second-order valence-electron chi connectivity index (χ2n) is 24.2. The lowest BCUT2D eigenvalue weighted by molar-refractivity contribution is -0.870. The Bertz CT molecular complexity index is 1640. The average molecular weight is 1150 g/mol. The van der Waals surface area contributed by atoms with E-state index in [1.807, 2.05) is 27.2 Å². The smallest absolute Gasteiger partial charge is 0.387 e. The summed E-state index contributed by atoms with van der Waals surface area (Å²) in [5, 5.41) is 14.0. The van der Waals surface area contributed by atoms with E-state index in [9.17, 15) is 19.4 Å². The van der Waals surface area contributed by atoms with Crippen molar-refractivity contribution in [2.24, 2.45) is 0 Å². The minimum absolute atomic E-state index is 0.0548. The number of amides is 1. The fourth-order valence-electron chi connectivity index (χ4n) is 9.79. The molecule has 3 N–H and O–H groups in total. The standard InChI is InChI=1S/C72H131N2O6P/c1-6-8-10-12-14-16-18-20-22-24-26-28-30-32-34-36-38-39-41-43-45-47-49-51-53-55-57-59-61-63-65-71(75)70(69-80-81(77,78)79-68-67-74(3,4)5)73-72(76)66-64-62-60-58-56-54-52-50-48-46-44-42-40-37-35-33-31-29-27-25-23-21-19-17-15-13-11-9-7-2/h9,11,15,17,21,23,27,29,33,35,40,42,46,48,63,65,70-71,75H,6-8,10,12-14,16,18-20,22,24-26,28,30-32,34,36-39,41,43-45,47,49-62,64,66-69H2,1-5H3,(H-,73,76,77,78)/p+1/b11-9-,17-15-,23-21-,29-27-,35-33-,42-40-,48-46-,65-63+. The molecule has 3 unspecified atom stereocenters. The molecule has 8 nitrogen and oxygen atoms in total. The highest BCUT2D eigenvalue weighted by Crippen LogP contribution is 2.43. The van der Waals surface area contributed by atoms with E-state index in [2.05, 4.69) is 104 Å². The van der Waals surface area contributed by atoms with Gasteiger partial charge in [-0.1, -0.05) is 317 Å². The van der Waals surface area contributed by atoms with E-state index >= 15 is 0 Å². The van der Waals surface area contributed by atoms with Gasteiger partial charge in [0.15, 0.2) is 0 Å². The number of rotatable bonds is 62. The molecule has 0 aromatic carbocycles. The number of phosphoric ester groups is 1. The summed E-state index contributed by atoms with van der Waals surface area (Å²) in [6.45, 7) is 4.72. The number of likely N-dealkylation sites (N-methyl/N-ethyl adjacent to an activating group) is 1. The predicted molar refractivity (Wildman–Crippen MR) is 355 cm³/mol. The molecule has 0 fully saturated rings. The van der Waals surface area contributed by atoms with Gasteiger partial charge in [-0.3, -0.25) is 13.8 Å². The Labute approximate surface area is 502 Å². The van der Waals surface area contributed by atoms with E-state index in [1.165, 1.54) is 186 Å². The van der Waals surface area contributed by atoms with Crippen LogP contribution < -0.4 is 5.32 Å². The first kappa shape index (κ1) is 78.4. The monoisotopic (exact) mass is 1150 g/mol. The Balaban J connectivity index is 4.16. The second-order valence-corrected chi connectivity index (χ2v) is 25.6. The molecule has 9 heteroatoms. The van der Waals surface area contributed by atoms with E-state index in [-0.39, 0.29) is 19.1 Å². The molecule has 0 spiro atoms. The third-order valence-electron chi connectivity index (χ3n) is 15.1. The molecule has 0 aliphatic heterocycles. The summed E-state index contributed by atoms with van der Waals surface area (Å²) in [6.07, 6.45) is 89.7. The lowest BCUT2D eigenvalue weighted by atomic mass is 10.0. The SMILES string of the molecule is CC/C=C\C/C=C\C/C=C\C/C=C\C/C=C\C/C=C\C/C=C\CCCCCCCCCC(=O)NC(COP(=O)(O)OCC[N+](C)(C)C)C(O)/C=C/CCCCCCCCCCCCCCCCCCCCCCCCCCCCCC. The van der Waals surface area contributed by atoms with Crippen molar-refractivity contribution >= 4 is 13.7 Å². The highest BCUT2D eigenvalue weighted by Gasteiger charge is 2.28. The highest BCUT2D eigenvalue weighted by atomic mass is 31.2. The average Bonchev–Trinajstić information content (AvgIpc) is 3.43. The van der Waals surface area contributed by atoms with Crippen LogP contribution in [0.5, 0.6) is 0 Å². The Kier molecular flexibility index (Phi) is 60.0. The third-order valence-corrected chi connectivity index (χ3v) is 16.0. The Hall–Kier alpha value is -2.58. The normalized spacial score (nSPS) is 14.3. The van der Waals surface area contributed by atoms with Gasteiger partial charge in [0, 0.05) is 6.42 Å². The number of aliphatic hydroxyl groups excluding tert-OH is 1. The van der Waals surface area contributed by atoms with Crippen LogP contribution >= 0.6 is 7.82 Å². The van der Waals surface area contributed by atoms with Gasteiger partial charge in [0.1, 0.15) is 13.2 Å². The van der Waals surface area contributed by atoms with Gasteiger partial charge in [0.25, 0.3) is 0 Å². The molecular weight excluding hydrogens is 1020 g/mol. The number of carbonyl (C=O) groups excluding carboxylic acids is 1. The lowest BCUT2D eigenvalue weighted by Crippen LogP contribution is -2.45. The summed E-state index contributed by atoms with van der Waals surface area (Å²) >= 11 is 0. The summed E-state index contributed by atoms with van der Waals surface area (Å²) in [7, 11) is 1.56. The van der Waals surface area contributed by atoms with Crippen LogP contribution in [0.15, 0.2) is 97.2 Å². The number of allylic oxidation sites excluding steroid dienone is 15. The zero-order valence-electron chi connectivity index (χ0n) is 53.8. The van der Waals surface area contributed by atoms with Gasteiger partial charge < -0.3 is 19.8 Å². The predicted octanol–water partition coefficient (Wildman–Crippen LogP) is 21.7. The van der Waals surface area contributed by atoms with Crippen molar-refractivity contribution in [3.05, 3.63) is 97.2 Å². The minimum Gasteiger partial charge on any atom is -0.387 e. The van der Waals surface area contributed by atoms with Crippen molar-refractivity contribution in [3.63, 3.8) is 0 Å². The number of nitrogens with zero attached hydrogens (tertiary/aromatic N) is 1. The van der Waals surface area contributed by atoms with E-state index in [0.29, 0.717) is 17.4 Å². The van der Waals surface area contributed by atoms with Crippen LogP contribution in [0.4, 0.5) is 0 Å². The van der Waals surface area contributed by atoms with Crippen LogP contribution in [-0.4, -0.2) is 73.4 Å². The van der Waals surface area contributed by atoms with Crippen molar-refractivity contribution in [2.45, 2.75) is 315 Å². The number of hydrogen-bond acceptors (Lipinski definition) is 5. The molecule has 81 heavy (non-hydrogen) atoms. The fourth-order valence-corrected chi connectivity index (χ4v) is 10.5. The van der Waals surface area contributed by atoms with Gasteiger partial charge in [-0.25, -0.2) is 4.57 Å². The highest BCUT2D eigenvalue weighted by molar-refractivity contribution is 7.47. The fraction of sp³-hybridized carbons (Fsp3) is 0.764. The number of quaternary nitrogens is 1. The number of aliphatic hydroxyl groups is 1.